The predicted octanol–water partition coefficient (Wildman–Crippen LogP) is 8.03. The van der Waals surface area contributed by atoms with Crippen molar-refractivity contribution in [2.45, 2.75) is 53.4 Å². The Morgan fingerprint density at radius 2 is 1.38 bits per heavy atom. The fourth-order valence-corrected chi connectivity index (χ4v) is 4.17. The molecule has 0 unspecified atom stereocenters. The minimum absolute atomic E-state index is 0.427. The largest absolute Gasteiger partial charge is 0.454 e. The van der Waals surface area contributed by atoms with Crippen LogP contribution in [-0.4, -0.2) is 4.98 Å². The maximum Gasteiger partial charge on any atom is 0.153 e. The molecule has 148 valence electrons. The quantitative estimate of drug-likeness (QED) is 0.356. The number of furan rings is 1. The van der Waals surface area contributed by atoms with E-state index in [0.29, 0.717) is 11.8 Å². The monoisotopic (exact) mass is 383 g/mol. The van der Waals surface area contributed by atoms with Gasteiger partial charge < -0.3 is 4.42 Å². The van der Waals surface area contributed by atoms with E-state index in [1.165, 1.54) is 27.8 Å². The highest BCUT2D eigenvalue weighted by molar-refractivity contribution is 5.83. The van der Waals surface area contributed by atoms with Crippen LogP contribution < -0.4 is 0 Å². The third-order valence-corrected chi connectivity index (χ3v) is 5.51. The van der Waals surface area contributed by atoms with Crippen molar-refractivity contribution in [1.29, 1.82) is 0 Å². The van der Waals surface area contributed by atoms with Crippen LogP contribution in [0.2, 0.25) is 0 Å². The Labute approximate surface area is 173 Å². The van der Waals surface area contributed by atoms with Crippen LogP contribution >= 0.6 is 0 Å². The Kier molecular flexibility index (Phi) is 5.04. The van der Waals surface area contributed by atoms with Gasteiger partial charge in [-0.15, -0.1) is 0 Å². The predicted molar refractivity (Wildman–Crippen MR) is 123 cm³/mol. The van der Waals surface area contributed by atoms with E-state index < -0.39 is 0 Å². The molecule has 0 amide bonds. The highest BCUT2D eigenvalue weighted by Gasteiger charge is 2.19. The van der Waals surface area contributed by atoms with E-state index in [2.05, 4.69) is 90.1 Å². The van der Waals surface area contributed by atoms with Gasteiger partial charge in [0.1, 0.15) is 11.3 Å². The Hall–Kier alpha value is -2.87. The topological polar surface area (TPSA) is 26.0 Å². The summed E-state index contributed by atoms with van der Waals surface area (Å²) in [5.74, 6) is 1.77. The number of benzene rings is 2. The molecule has 0 saturated carbocycles. The normalized spacial score (nSPS) is 11.7. The molecule has 0 fully saturated rings. The lowest BCUT2D eigenvalue weighted by Crippen LogP contribution is -1.98. The van der Waals surface area contributed by atoms with Gasteiger partial charge in [-0.3, -0.25) is 0 Å². The second kappa shape index (κ2) is 7.51. The van der Waals surface area contributed by atoms with Gasteiger partial charge in [-0.2, -0.15) is 0 Å². The molecule has 4 aromatic rings. The van der Waals surface area contributed by atoms with Gasteiger partial charge in [0.2, 0.25) is 0 Å². The second-order valence-electron chi connectivity index (χ2n) is 8.69. The molecule has 0 aliphatic rings. The van der Waals surface area contributed by atoms with E-state index in [1.807, 2.05) is 6.07 Å². The molecule has 0 radical (unpaired) electrons. The van der Waals surface area contributed by atoms with Gasteiger partial charge in [0.05, 0.1) is 5.69 Å². The third-order valence-electron chi connectivity index (χ3n) is 5.51. The fourth-order valence-electron chi connectivity index (χ4n) is 4.17. The summed E-state index contributed by atoms with van der Waals surface area (Å²) in [4.78, 5) is 4.93. The van der Waals surface area contributed by atoms with E-state index in [-0.39, 0.29) is 0 Å². The first-order valence-electron chi connectivity index (χ1n) is 10.5. The van der Waals surface area contributed by atoms with Crippen LogP contribution in [0.15, 0.2) is 59.0 Å². The zero-order valence-electron chi connectivity index (χ0n) is 18.2. The molecule has 2 nitrogen and oxygen atoms in total. The van der Waals surface area contributed by atoms with Crippen molar-refractivity contribution < 1.29 is 4.42 Å². The van der Waals surface area contributed by atoms with Gasteiger partial charge in [-0.1, -0.05) is 63.1 Å². The van der Waals surface area contributed by atoms with E-state index in [9.17, 15) is 0 Å². The number of rotatable bonds is 4. The van der Waals surface area contributed by atoms with Gasteiger partial charge in [0.25, 0.3) is 0 Å². The molecule has 0 bridgehead atoms. The summed E-state index contributed by atoms with van der Waals surface area (Å²) >= 11 is 0. The summed E-state index contributed by atoms with van der Waals surface area (Å²) in [5, 5.41) is 0. The SMILES string of the molecule is Cc1cc(C)cc(-c2ccc3oc(-c4c(C(C)C)cccc4C(C)C)cc3n2)c1. The second-order valence-corrected chi connectivity index (χ2v) is 8.69. The number of aromatic nitrogens is 1. The zero-order chi connectivity index (χ0) is 20.7. The third kappa shape index (κ3) is 3.72. The average Bonchev–Trinajstić information content (AvgIpc) is 3.09. The minimum atomic E-state index is 0.427. The van der Waals surface area contributed by atoms with Crippen LogP contribution in [0.3, 0.4) is 0 Å². The van der Waals surface area contributed by atoms with Gasteiger partial charge in [-0.05, 0) is 61.1 Å². The summed E-state index contributed by atoms with van der Waals surface area (Å²) < 4.78 is 6.31. The molecule has 0 atom stereocenters. The number of nitrogens with zero attached hydrogens (tertiary/aromatic N) is 1. The van der Waals surface area contributed by atoms with Crippen molar-refractivity contribution in [3.63, 3.8) is 0 Å². The minimum Gasteiger partial charge on any atom is -0.454 e. The maximum absolute atomic E-state index is 6.31. The number of hydrogen-bond donors (Lipinski definition) is 0. The summed E-state index contributed by atoms with van der Waals surface area (Å²) in [5.41, 5.74) is 10.3. The van der Waals surface area contributed by atoms with Crippen LogP contribution in [0.25, 0.3) is 33.7 Å². The summed E-state index contributed by atoms with van der Waals surface area (Å²) in [6.07, 6.45) is 0. The lowest BCUT2D eigenvalue weighted by Gasteiger charge is -2.17. The standard InChI is InChI=1S/C27H29NO/c1-16(2)21-8-7-9-22(17(3)4)27(21)26-15-24-25(29-26)11-10-23(28-24)20-13-18(5)12-19(6)14-20/h7-17H,1-6H3. The summed E-state index contributed by atoms with van der Waals surface area (Å²) in [6.45, 7) is 13.2. The smallest absolute Gasteiger partial charge is 0.153 e. The first-order chi connectivity index (χ1) is 13.8. The molecule has 0 spiro atoms. The molecule has 0 N–H and O–H groups in total. The molecule has 2 heterocycles. The van der Waals surface area contributed by atoms with Crippen molar-refractivity contribution in [3.05, 3.63) is 76.9 Å². The Morgan fingerprint density at radius 1 is 0.759 bits per heavy atom. The first-order valence-corrected chi connectivity index (χ1v) is 10.5. The summed E-state index contributed by atoms with van der Waals surface area (Å²) in [6, 6.07) is 19.4. The van der Waals surface area contributed by atoms with Gasteiger partial charge in [0, 0.05) is 17.2 Å². The number of hydrogen-bond acceptors (Lipinski definition) is 2. The molecule has 0 saturated heterocycles. The van der Waals surface area contributed by atoms with Gasteiger partial charge in [-0.25, -0.2) is 4.98 Å². The van der Waals surface area contributed by atoms with E-state index in [4.69, 9.17) is 9.40 Å². The maximum atomic E-state index is 6.31. The van der Waals surface area contributed by atoms with Gasteiger partial charge >= 0.3 is 0 Å². The molecule has 2 aromatic carbocycles. The highest BCUT2D eigenvalue weighted by atomic mass is 16.3. The molecule has 0 aliphatic heterocycles. The Bertz CT molecular complexity index is 1130. The molecule has 2 aromatic heterocycles. The van der Waals surface area contributed by atoms with Crippen molar-refractivity contribution in [1.82, 2.24) is 4.98 Å². The summed E-state index contributed by atoms with van der Waals surface area (Å²) in [7, 11) is 0. The van der Waals surface area contributed by atoms with Crippen molar-refractivity contribution >= 4 is 11.1 Å². The average molecular weight is 384 g/mol. The van der Waals surface area contributed by atoms with Crippen molar-refractivity contribution in [3.8, 4) is 22.6 Å². The van der Waals surface area contributed by atoms with Crippen LogP contribution in [0.5, 0.6) is 0 Å². The molecular formula is C27H29NO. The lowest BCUT2D eigenvalue weighted by molar-refractivity contribution is 0.626. The fraction of sp³-hybridized carbons (Fsp3) is 0.296. The highest BCUT2D eigenvalue weighted by Crippen LogP contribution is 2.38. The van der Waals surface area contributed by atoms with Gasteiger partial charge in [0.15, 0.2) is 5.58 Å². The first kappa shape index (κ1) is 19.4. The Morgan fingerprint density at radius 3 is 1.97 bits per heavy atom. The van der Waals surface area contributed by atoms with Crippen LogP contribution in [0.1, 0.15) is 61.8 Å². The van der Waals surface area contributed by atoms with Crippen LogP contribution in [-0.2, 0) is 0 Å². The number of aryl methyl sites for hydroxylation is 2. The van der Waals surface area contributed by atoms with Crippen LogP contribution in [0.4, 0.5) is 0 Å². The number of pyridine rings is 1. The Balaban J connectivity index is 1.88. The van der Waals surface area contributed by atoms with E-state index in [1.54, 1.807) is 0 Å². The lowest BCUT2D eigenvalue weighted by atomic mass is 9.87. The van der Waals surface area contributed by atoms with Crippen molar-refractivity contribution in [2.24, 2.45) is 0 Å². The molecule has 4 rings (SSSR count). The zero-order valence-corrected chi connectivity index (χ0v) is 18.2. The van der Waals surface area contributed by atoms with E-state index >= 15 is 0 Å². The molecule has 29 heavy (non-hydrogen) atoms. The van der Waals surface area contributed by atoms with Crippen LogP contribution in [0, 0.1) is 13.8 Å². The van der Waals surface area contributed by atoms with Crippen molar-refractivity contribution in [2.75, 3.05) is 0 Å². The molecule has 2 heteroatoms. The molecular weight excluding hydrogens is 354 g/mol. The number of fused-ring (bicyclic) bond motifs is 1. The van der Waals surface area contributed by atoms with E-state index in [0.717, 1.165) is 28.1 Å². The molecule has 0 aliphatic carbocycles.